The second kappa shape index (κ2) is 12.0. The zero-order valence-corrected chi connectivity index (χ0v) is 23.8. The smallest absolute Gasteiger partial charge is 0.238 e. The number of ether oxygens (including phenoxy) is 1. The predicted octanol–water partition coefficient (Wildman–Crippen LogP) is 6.28. The van der Waals surface area contributed by atoms with Crippen LogP contribution in [-0.4, -0.2) is 55.7 Å². The Hall–Kier alpha value is -2.11. The van der Waals surface area contributed by atoms with Crippen molar-refractivity contribution in [3.63, 3.8) is 0 Å². The van der Waals surface area contributed by atoms with Crippen LogP contribution in [0, 0.1) is 0 Å². The molecule has 4 atom stereocenters. The molecule has 0 saturated carbocycles. The van der Waals surface area contributed by atoms with Crippen LogP contribution < -0.4 is 16.4 Å². The number of nitrogens with two attached hydrogens (primary N) is 1. The Kier molecular flexibility index (Phi) is 9.09. The molecule has 38 heavy (non-hydrogen) atoms. The number of carbonyl (C=O) groups is 1. The molecule has 1 fully saturated rings. The van der Waals surface area contributed by atoms with Crippen LogP contribution in [0.2, 0.25) is 15.1 Å². The van der Waals surface area contributed by atoms with E-state index in [1.807, 2.05) is 11.5 Å². The molecule has 4 N–H and O–H groups in total. The highest BCUT2D eigenvalue weighted by atomic mass is 35.5. The summed E-state index contributed by atoms with van der Waals surface area (Å²) in [7, 11) is 0. The molecule has 3 heterocycles. The first-order valence-electron chi connectivity index (χ1n) is 12.1. The molecule has 1 saturated heterocycles. The number of carbonyl (C=O) groups excluding carboxylic acids is 1. The molecule has 0 bridgehead atoms. The number of nitrogens with zero attached hydrogens (tertiary/aromatic N) is 4. The zero-order valence-electron chi connectivity index (χ0n) is 20.8. The van der Waals surface area contributed by atoms with E-state index in [1.165, 1.54) is 0 Å². The van der Waals surface area contributed by atoms with Gasteiger partial charge in [0.05, 0.1) is 34.6 Å². The fourth-order valence-corrected chi connectivity index (χ4v) is 5.30. The number of anilines is 3. The van der Waals surface area contributed by atoms with Crippen molar-refractivity contribution in [3.05, 3.63) is 33.4 Å². The number of amides is 1. The van der Waals surface area contributed by atoms with Gasteiger partial charge in [-0.15, -0.1) is 11.6 Å². The summed E-state index contributed by atoms with van der Waals surface area (Å²) in [4.78, 5) is 24.4. The van der Waals surface area contributed by atoms with Crippen LogP contribution in [0.15, 0.2) is 18.3 Å². The number of halogens is 5. The third-order valence-electron chi connectivity index (χ3n) is 6.57. The number of rotatable bonds is 10. The summed E-state index contributed by atoms with van der Waals surface area (Å²) in [5.74, 6) is 0.0549. The fraction of sp³-hybridized carbons (Fsp3) is 0.500. The Morgan fingerprint density at radius 2 is 2.03 bits per heavy atom. The third kappa shape index (κ3) is 6.37. The summed E-state index contributed by atoms with van der Waals surface area (Å²) in [5.41, 5.74) is 6.89. The molecule has 4 rings (SSSR count). The molecule has 1 amide bonds. The molecule has 0 spiro atoms. The highest BCUT2D eigenvalue weighted by Gasteiger charge is 2.31. The number of primary amides is 1. The molecule has 3 aromatic rings. The molecule has 0 unspecified atom stereocenters. The van der Waals surface area contributed by atoms with E-state index in [4.69, 9.17) is 66.8 Å². The van der Waals surface area contributed by atoms with Gasteiger partial charge in [0.15, 0.2) is 5.65 Å². The first kappa shape index (κ1) is 28.9. The van der Waals surface area contributed by atoms with Gasteiger partial charge in [-0.1, -0.05) is 41.7 Å². The highest BCUT2D eigenvalue weighted by molar-refractivity contribution is 6.41. The topological polar surface area (TPSA) is 120 Å². The molecule has 14 heteroatoms. The van der Waals surface area contributed by atoms with E-state index in [1.54, 1.807) is 25.3 Å². The Bertz CT molecular complexity index is 1300. The molecule has 2 aromatic heterocycles. The van der Waals surface area contributed by atoms with Gasteiger partial charge in [0.2, 0.25) is 17.8 Å². The highest BCUT2D eigenvalue weighted by Crippen LogP contribution is 2.38. The predicted molar refractivity (Wildman–Crippen MR) is 150 cm³/mol. The van der Waals surface area contributed by atoms with Crippen molar-refractivity contribution < 1.29 is 13.9 Å². The molecule has 1 aliphatic heterocycles. The minimum absolute atomic E-state index is 0.0173. The summed E-state index contributed by atoms with van der Waals surface area (Å²) in [6.07, 6.45) is 2.31. The Morgan fingerprint density at radius 1 is 1.32 bits per heavy atom. The Morgan fingerprint density at radius 3 is 2.66 bits per heavy atom. The van der Waals surface area contributed by atoms with E-state index < -0.39 is 23.0 Å². The van der Waals surface area contributed by atoms with Gasteiger partial charge >= 0.3 is 0 Å². The SMILES string of the molecule is CC[C@@H](CC[C@](C)(Cl)C(N)=O)n1c(Nc2c(Cl)cc(Cl)cc2Cl)nc2cnc(N[C@@H]3CCOC[C@H]3F)nc21. The van der Waals surface area contributed by atoms with E-state index in [0.717, 1.165) is 0 Å². The molecular weight excluding hydrogens is 579 g/mol. The number of hydrogen-bond donors (Lipinski definition) is 3. The van der Waals surface area contributed by atoms with Gasteiger partial charge in [-0.05, 0) is 44.7 Å². The maximum absolute atomic E-state index is 14.4. The molecule has 1 aliphatic rings. The maximum atomic E-state index is 14.4. The van der Waals surface area contributed by atoms with Crippen molar-refractivity contribution in [1.29, 1.82) is 0 Å². The number of imidazole rings is 1. The lowest BCUT2D eigenvalue weighted by Gasteiger charge is -2.27. The van der Waals surface area contributed by atoms with E-state index >= 15 is 0 Å². The Balaban J connectivity index is 1.76. The van der Waals surface area contributed by atoms with Gasteiger partial charge < -0.3 is 21.1 Å². The van der Waals surface area contributed by atoms with E-state index in [-0.39, 0.29) is 18.6 Å². The lowest BCUT2D eigenvalue weighted by atomic mass is 9.98. The summed E-state index contributed by atoms with van der Waals surface area (Å²) in [6, 6.07) is 2.45. The molecule has 9 nitrogen and oxygen atoms in total. The van der Waals surface area contributed by atoms with Gasteiger partial charge in [0, 0.05) is 17.7 Å². The van der Waals surface area contributed by atoms with Crippen LogP contribution in [0.5, 0.6) is 0 Å². The van der Waals surface area contributed by atoms with E-state index in [0.29, 0.717) is 70.2 Å². The van der Waals surface area contributed by atoms with Crippen molar-refractivity contribution in [1.82, 2.24) is 19.5 Å². The largest absolute Gasteiger partial charge is 0.378 e. The molecular formula is C24H28Cl4FN7O2. The van der Waals surface area contributed by atoms with Gasteiger partial charge in [0.1, 0.15) is 16.6 Å². The Labute approximate surface area is 239 Å². The summed E-state index contributed by atoms with van der Waals surface area (Å²) in [5, 5.41) is 7.29. The van der Waals surface area contributed by atoms with Gasteiger partial charge in [-0.3, -0.25) is 9.36 Å². The minimum atomic E-state index is -1.22. The summed E-state index contributed by atoms with van der Waals surface area (Å²) in [6.45, 7) is 4.05. The summed E-state index contributed by atoms with van der Waals surface area (Å²) < 4.78 is 21.5. The lowest BCUT2D eigenvalue weighted by Crippen LogP contribution is -2.39. The van der Waals surface area contributed by atoms with Gasteiger partial charge in [-0.2, -0.15) is 4.98 Å². The van der Waals surface area contributed by atoms with Gasteiger partial charge in [-0.25, -0.2) is 14.4 Å². The number of nitrogens with one attached hydrogen (secondary N) is 2. The van der Waals surface area contributed by atoms with Gasteiger partial charge in [0.25, 0.3) is 0 Å². The van der Waals surface area contributed by atoms with E-state index in [9.17, 15) is 9.18 Å². The summed E-state index contributed by atoms with van der Waals surface area (Å²) >= 11 is 25.3. The zero-order chi connectivity index (χ0) is 27.6. The van der Waals surface area contributed by atoms with Crippen molar-refractivity contribution in [3.8, 4) is 0 Å². The average Bonchev–Trinajstić information content (AvgIpc) is 3.20. The van der Waals surface area contributed by atoms with Crippen molar-refractivity contribution in [2.45, 2.75) is 62.7 Å². The fourth-order valence-electron chi connectivity index (χ4n) is 4.28. The molecule has 0 aliphatic carbocycles. The maximum Gasteiger partial charge on any atom is 0.238 e. The number of benzene rings is 1. The van der Waals surface area contributed by atoms with Crippen LogP contribution >= 0.6 is 46.4 Å². The van der Waals surface area contributed by atoms with Crippen molar-refractivity contribution >= 4 is 81.1 Å². The van der Waals surface area contributed by atoms with E-state index in [2.05, 4.69) is 15.6 Å². The monoisotopic (exact) mass is 605 g/mol. The first-order valence-corrected chi connectivity index (χ1v) is 13.6. The average molecular weight is 607 g/mol. The van der Waals surface area contributed by atoms with Crippen molar-refractivity contribution in [2.24, 2.45) is 5.73 Å². The molecule has 1 aromatic carbocycles. The lowest BCUT2D eigenvalue weighted by molar-refractivity contribution is -0.120. The van der Waals surface area contributed by atoms with Crippen LogP contribution in [0.25, 0.3) is 11.2 Å². The standard InChI is InChI=1S/C24H28Cl4FN7O2/c1-3-13(4-6-24(2,28)21(30)37)36-20-18(10-31-22(35-20)32-17-5-7-38-11-16(17)29)33-23(36)34-19-14(26)8-12(25)9-15(19)27/h8-10,13,16-17H,3-7,11H2,1-2H3,(H2,30,37)(H,33,34)(H,31,32,35)/t13-,16+,17+,24-/m0/s1. The van der Waals surface area contributed by atoms with Crippen molar-refractivity contribution in [2.75, 3.05) is 23.8 Å². The number of fused-ring (bicyclic) bond motifs is 1. The normalized spacial score (nSPS) is 20.2. The number of hydrogen-bond acceptors (Lipinski definition) is 7. The first-order chi connectivity index (χ1) is 18.0. The minimum Gasteiger partial charge on any atom is -0.378 e. The van der Waals surface area contributed by atoms with Crippen LogP contribution in [0.4, 0.5) is 22.0 Å². The van der Waals surface area contributed by atoms with Crippen LogP contribution in [-0.2, 0) is 9.53 Å². The second-order valence-electron chi connectivity index (χ2n) is 9.37. The molecule has 0 radical (unpaired) electrons. The number of alkyl halides is 2. The second-order valence-corrected chi connectivity index (χ2v) is 11.5. The molecule has 206 valence electrons. The van der Waals surface area contributed by atoms with Crippen LogP contribution in [0.1, 0.15) is 45.6 Å². The number of aromatic nitrogens is 4. The quantitative estimate of drug-likeness (QED) is 0.232. The van der Waals surface area contributed by atoms with Crippen LogP contribution in [0.3, 0.4) is 0 Å². The third-order valence-corrected chi connectivity index (χ3v) is 7.76.